The van der Waals surface area contributed by atoms with Crippen LogP contribution in [0.2, 0.25) is 0 Å². The quantitative estimate of drug-likeness (QED) is 0.698. The van der Waals surface area contributed by atoms with Gasteiger partial charge >= 0.3 is 0 Å². The Morgan fingerprint density at radius 2 is 1.81 bits per heavy atom. The minimum absolute atomic E-state index is 0.00677. The largest absolute Gasteiger partial charge is 0.311 e. The van der Waals surface area contributed by atoms with E-state index in [0.29, 0.717) is 16.5 Å². The van der Waals surface area contributed by atoms with E-state index in [1.165, 1.54) is 6.42 Å². The summed E-state index contributed by atoms with van der Waals surface area (Å²) >= 11 is 0. The van der Waals surface area contributed by atoms with Gasteiger partial charge in [0.2, 0.25) is 0 Å². The zero-order valence-electron chi connectivity index (χ0n) is 15.5. The molecule has 27 heavy (non-hydrogen) atoms. The summed E-state index contributed by atoms with van der Waals surface area (Å²) in [5.74, 6) is 0.727. The summed E-state index contributed by atoms with van der Waals surface area (Å²) in [6.07, 6.45) is 5.20. The van der Waals surface area contributed by atoms with Gasteiger partial charge < -0.3 is 4.90 Å². The van der Waals surface area contributed by atoms with Crippen molar-refractivity contribution in [2.45, 2.75) is 38.6 Å². The third kappa shape index (κ3) is 3.37. The van der Waals surface area contributed by atoms with E-state index in [2.05, 4.69) is 0 Å². The molecule has 3 aromatic rings. The lowest BCUT2D eigenvalue weighted by molar-refractivity contribution is 0.0993. The number of aryl methyl sites for hydroxylation is 1. The molecule has 0 aliphatic carbocycles. The van der Waals surface area contributed by atoms with E-state index in [1.807, 2.05) is 34.9 Å². The first-order valence-electron chi connectivity index (χ1n) is 9.52. The van der Waals surface area contributed by atoms with Gasteiger partial charge in [-0.1, -0.05) is 31.0 Å². The standard InChI is InChI=1S/C22H23N3O2/c1-24(17-9-5-4-6-10-17)21(26)16-12-13-18-19(15-16)23-20-11-7-2-3-8-14-25(20)22(18)27/h4-6,9-10,12-13,15H,2-3,7-8,11,14H2,1H3. The van der Waals surface area contributed by atoms with Gasteiger partial charge in [-0.3, -0.25) is 14.2 Å². The number of carbonyl (C=O) groups is 1. The highest BCUT2D eigenvalue weighted by Gasteiger charge is 2.17. The molecule has 0 N–H and O–H groups in total. The number of hydrogen-bond acceptors (Lipinski definition) is 3. The maximum Gasteiger partial charge on any atom is 0.261 e. The minimum atomic E-state index is -0.114. The molecule has 0 bridgehead atoms. The molecular formula is C22H23N3O2. The predicted molar refractivity (Wildman–Crippen MR) is 107 cm³/mol. The summed E-state index contributed by atoms with van der Waals surface area (Å²) in [5, 5.41) is 0.582. The van der Waals surface area contributed by atoms with Gasteiger partial charge in [0.05, 0.1) is 10.9 Å². The van der Waals surface area contributed by atoms with Gasteiger partial charge in [0.1, 0.15) is 5.82 Å². The topological polar surface area (TPSA) is 55.2 Å². The maximum atomic E-state index is 12.9. The average Bonchev–Trinajstić information content (AvgIpc) is 2.68. The molecular weight excluding hydrogens is 338 g/mol. The molecule has 0 fully saturated rings. The van der Waals surface area contributed by atoms with Gasteiger partial charge in [0, 0.05) is 31.3 Å². The van der Waals surface area contributed by atoms with Crippen LogP contribution in [0.15, 0.2) is 53.3 Å². The second-order valence-electron chi connectivity index (χ2n) is 7.08. The molecule has 0 atom stereocenters. The van der Waals surface area contributed by atoms with Crippen LogP contribution in [0.5, 0.6) is 0 Å². The third-order valence-electron chi connectivity index (χ3n) is 5.26. The summed E-state index contributed by atoms with van der Waals surface area (Å²) in [6, 6.07) is 14.7. The van der Waals surface area contributed by atoms with Crippen LogP contribution in [-0.2, 0) is 13.0 Å². The van der Waals surface area contributed by atoms with Crippen LogP contribution in [0.4, 0.5) is 5.69 Å². The molecule has 1 amide bonds. The lowest BCUT2D eigenvalue weighted by atomic mass is 10.1. The molecule has 1 aliphatic heterocycles. The molecule has 2 aromatic carbocycles. The van der Waals surface area contributed by atoms with E-state index in [0.717, 1.165) is 43.7 Å². The van der Waals surface area contributed by atoms with E-state index in [9.17, 15) is 9.59 Å². The fourth-order valence-corrected chi connectivity index (χ4v) is 3.69. The lowest BCUT2D eigenvalue weighted by Crippen LogP contribution is -2.28. The van der Waals surface area contributed by atoms with Gasteiger partial charge in [0.25, 0.3) is 11.5 Å². The maximum absolute atomic E-state index is 12.9. The van der Waals surface area contributed by atoms with Crippen molar-refractivity contribution < 1.29 is 4.79 Å². The summed E-state index contributed by atoms with van der Waals surface area (Å²) in [5.41, 5.74) is 1.98. The number of fused-ring (bicyclic) bond motifs is 2. The molecule has 0 saturated carbocycles. The SMILES string of the molecule is CN(C(=O)c1ccc2c(=O)n3c(nc2c1)CCCCCC3)c1ccccc1. The Morgan fingerprint density at radius 1 is 1.04 bits per heavy atom. The monoisotopic (exact) mass is 361 g/mol. The van der Waals surface area contributed by atoms with Crippen molar-refractivity contribution in [3.63, 3.8) is 0 Å². The number of nitrogens with zero attached hydrogens (tertiary/aromatic N) is 3. The van der Waals surface area contributed by atoms with Gasteiger partial charge in [-0.05, 0) is 43.2 Å². The minimum Gasteiger partial charge on any atom is -0.311 e. The first kappa shape index (κ1) is 17.5. The van der Waals surface area contributed by atoms with E-state index in [4.69, 9.17) is 4.98 Å². The van der Waals surface area contributed by atoms with Crippen molar-refractivity contribution in [1.82, 2.24) is 9.55 Å². The van der Waals surface area contributed by atoms with E-state index in [-0.39, 0.29) is 11.5 Å². The van der Waals surface area contributed by atoms with Crippen LogP contribution >= 0.6 is 0 Å². The van der Waals surface area contributed by atoms with Crippen LogP contribution in [-0.4, -0.2) is 22.5 Å². The Kier molecular flexibility index (Phi) is 4.75. The number of benzene rings is 2. The Balaban J connectivity index is 1.75. The normalized spacial score (nSPS) is 14.3. The zero-order valence-corrected chi connectivity index (χ0v) is 15.5. The molecule has 5 nitrogen and oxygen atoms in total. The molecule has 2 heterocycles. The molecule has 1 aromatic heterocycles. The summed E-state index contributed by atoms with van der Waals surface area (Å²) in [4.78, 5) is 32.1. The summed E-state index contributed by atoms with van der Waals surface area (Å²) < 4.78 is 1.82. The second kappa shape index (κ2) is 7.35. The van der Waals surface area contributed by atoms with Crippen molar-refractivity contribution in [1.29, 1.82) is 0 Å². The Hall–Kier alpha value is -2.95. The first-order chi connectivity index (χ1) is 13.1. The second-order valence-corrected chi connectivity index (χ2v) is 7.08. The zero-order chi connectivity index (χ0) is 18.8. The van der Waals surface area contributed by atoms with E-state index in [1.54, 1.807) is 30.1 Å². The molecule has 0 saturated heterocycles. The molecule has 138 valence electrons. The number of aromatic nitrogens is 2. The van der Waals surface area contributed by atoms with Crippen molar-refractivity contribution in [3.05, 3.63) is 70.3 Å². The highest BCUT2D eigenvalue weighted by Crippen LogP contribution is 2.19. The van der Waals surface area contributed by atoms with Gasteiger partial charge in [0.15, 0.2) is 0 Å². The Morgan fingerprint density at radius 3 is 2.63 bits per heavy atom. The Bertz CT molecular complexity index is 1040. The highest BCUT2D eigenvalue weighted by atomic mass is 16.2. The number of carbonyl (C=O) groups excluding carboxylic acids is 1. The number of rotatable bonds is 2. The van der Waals surface area contributed by atoms with Crippen molar-refractivity contribution in [2.75, 3.05) is 11.9 Å². The van der Waals surface area contributed by atoms with Crippen LogP contribution in [0.1, 0.15) is 41.9 Å². The molecule has 4 rings (SSSR count). The van der Waals surface area contributed by atoms with Crippen LogP contribution < -0.4 is 10.5 Å². The molecule has 5 heteroatoms. The van der Waals surface area contributed by atoms with E-state index < -0.39 is 0 Å². The third-order valence-corrected chi connectivity index (χ3v) is 5.26. The van der Waals surface area contributed by atoms with Crippen LogP contribution in [0.25, 0.3) is 10.9 Å². The Labute approximate surface area is 158 Å². The molecule has 0 spiro atoms. The van der Waals surface area contributed by atoms with E-state index >= 15 is 0 Å². The number of anilines is 1. The summed E-state index contributed by atoms with van der Waals surface area (Å²) in [7, 11) is 1.75. The fourth-order valence-electron chi connectivity index (χ4n) is 3.69. The molecule has 0 radical (unpaired) electrons. The van der Waals surface area contributed by atoms with Crippen molar-refractivity contribution in [2.24, 2.45) is 0 Å². The van der Waals surface area contributed by atoms with Crippen molar-refractivity contribution in [3.8, 4) is 0 Å². The number of para-hydroxylation sites is 1. The molecule has 1 aliphatic rings. The summed E-state index contributed by atoms with van der Waals surface area (Å²) in [6.45, 7) is 0.731. The van der Waals surface area contributed by atoms with Crippen LogP contribution in [0, 0.1) is 0 Å². The first-order valence-corrected chi connectivity index (χ1v) is 9.52. The predicted octanol–water partition coefficient (Wildman–Crippen LogP) is 3.79. The number of hydrogen-bond donors (Lipinski definition) is 0. The van der Waals surface area contributed by atoms with Crippen molar-refractivity contribution >= 4 is 22.5 Å². The highest BCUT2D eigenvalue weighted by molar-refractivity contribution is 6.07. The fraction of sp³-hybridized carbons (Fsp3) is 0.318. The van der Waals surface area contributed by atoms with Gasteiger partial charge in [-0.25, -0.2) is 4.98 Å². The smallest absolute Gasteiger partial charge is 0.261 e. The average molecular weight is 361 g/mol. The van der Waals surface area contributed by atoms with Gasteiger partial charge in [-0.2, -0.15) is 0 Å². The number of amides is 1. The lowest BCUT2D eigenvalue weighted by Gasteiger charge is -2.18. The molecule has 0 unspecified atom stereocenters. The van der Waals surface area contributed by atoms with Crippen LogP contribution in [0.3, 0.4) is 0 Å². The van der Waals surface area contributed by atoms with Gasteiger partial charge in [-0.15, -0.1) is 0 Å².